The summed E-state index contributed by atoms with van der Waals surface area (Å²) >= 11 is 1.72. The van der Waals surface area contributed by atoms with Crippen LogP contribution < -0.4 is 15.4 Å². The molecule has 1 aromatic heterocycles. The second-order valence-corrected chi connectivity index (χ2v) is 8.18. The average molecular weight is 373 g/mol. The van der Waals surface area contributed by atoms with Crippen molar-refractivity contribution in [2.24, 2.45) is 10.9 Å². The number of hydrogen-bond acceptors (Lipinski definition) is 4. The molecule has 0 aliphatic heterocycles. The van der Waals surface area contributed by atoms with Crippen LogP contribution in [0.25, 0.3) is 0 Å². The van der Waals surface area contributed by atoms with Crippen LogP contribution in [0.3, 0.4) is 0 Å². The van der Waals surface area contributed by atoms with E-state index in [0.717, 1.165) is 40.5 Å². The molecule has 0 spiro atoms. The molecule has 1 aromatic carbocycles. The second kappa shape index (κ2) is 8.54. The Kier molecular flexibility index (Phi) is 6.14. The predicted octanol–water partition coefficient (Wildman–Crippen LogP) is 3.72. The van der Waals surface area contributed by atoms with Gasteiger partial charge >= 0.3 is 0 Å². The highest BCUT2D eigenvalue weighted by Crippen LogP contribution is 2.30. The Balaban J connectivity index is 1.55. The van der Waals surface area contributed by atoms with E-state index >= 15 is 0 Å². The van der Waals surface area contributed by atoms with Gasteiger partial charge in [0.25, 0.3) is 0 Å². The Morgan fingerprint density at radius 1 is 1.23 bits per heavy atom. The molecule has 0 amide bonds. The molecule has 1 aliphatic carbocycles. The molecule has 140 valence electrons. The number of rotatable bonds is 7. The fourth-order valence-corrected chi connectivity index (χ4v) is 3.48. The minimum absolute atomic E-state index is 0.676. The summed E-state index contributed by atoms with van der Waals surface area (Å²) in [5, 5.41) is 7.79. The number of aliphatic imine (C=N–C) groups is 1. The van der Waals surface area contributed by atoms with E-state index in [9.17, 15) is 0 Å². The summed E-state index contributed by atoms with van der Waals surface area (Å²) in [6.07, 6.45) is 2.59. The molecule has 1 aliphatic rings. The van der Waals surface area contributed by atoms with Gasteiger partial charge in [0.15, 0.2) is 5.96 Å². The van der Waals surface area contributed by atoms with Crippen molar-refractivity contribution in [1.82, 2.24) is 15.6 Å². The average Bonchev–Trinajstić information content (AvgIpc) is 3.39. The van der Waals surface area contributed by atoms with E-state index in [1.165, 1.54) is 23.3 Å². The second-order valence-electron chi connectivity index (χ2n) is 6.89. The molecule has 6 heteroatoms. The van der Waals surface area contributed by atoms with E-state index in [2.05, 4.69) is 52.7 Å². The normalized spacial score (nSPS) is 14.4. The molecule has 0 saturated heterocycles. The van der Waals surface area contributed by atoms with Gasteiger partial charge in [0.05, 0.1) is 18.8 Å². The van der Waals surface area contributed by atoms with Crippen LogP contribution >= 0.6 is 11.3 Å². The smallest absolute Gasteiger partial charge is 0.191 e. The Labute approximate surface area is 159 Å². The first-order valence-corrected chi connectivity index (χ1v) is 9.96. The zero-order chi connectivity index (χ0) is 18.5. The number of hydrogen-bond donors (Lipinski definition) is 2. The van der Waals surface area contributed by atoms with Crippen molar-refractivity contribution < 1.29 is 4.74 Å². The fraction of sp³-hybridized carbons (Fsp3) is 0.500. The monoisotopic (exact) mass is 372 g/mol. The molecular weight excluding hydrogens is 344 g/mol. The predicted molar refractivity (Wildman–Crippen MR) is 108 cm³/mol. The summed E-state index contributed by atoms with van der Waals surface area (Å²) < 4.78 is 6.04. The quantitative estimate of drug-likeness (QED) is 0.574. The molecule has 1 saturated carbocycles. The van der Waals surface area contributed by atoms with Gasteiger partial charge < -0.3 is 15.4 Å². The third kappa shape index (κ3) is 5.21. The Hall–Kier alpha value is -2.08. The number of nitrogens with one attached hydrogen (secondary N) is 2. The van der Waals surface area contributed by atoms with E-state index in [-0.39, 0.29) is 0 Å². The minimum Gasteiger partial charge on any atom is -0.493 e. The van der Waals surface area contributed by atoms with Crippen molar-refractivity contribution in [3.8, 4) is 5.75 Å². The van der Waals surface area contributed by atoms with Crippen molar-refractivity contribution in [2.75, 3.05) is 13.7 Å². The van der Waals surface area contributed by atoms with Gasteiger partial charge in [-0.05, 0) is 51.2 Å². The van der Waals surface area contributed by atoms with Crippen LogP contribution in [0.1, 0.15) is 39.5 Å². The lowest BCUT2D eigenvalue weighted by Crippen LogP contribution is -2.36. The number of nitrogens with zero attached hydrogens (tertiary/aromatic N) is 2. The molecule has 5 nitrogen and oxygen atoms in total. The summed E-state index contributed by atoms with van der Waals surface area (Å²) in [5.74, 6) is 2.49. The maximum atomic E-state index is 6.04. The minimum atomic E-state index is 0.676. The highest BCUT2D eigenvalue weighted by atomic mass is 32.1. The van der Waals surface area contributed by atoms with Gasteiger partial charge in [0.1, 0.15) is 10.8 Å². The first kappa shape index (κ1) is 18.7. The van der Waals surface area contributed by atoms with Crippen molar-refractivity contribution in [3.63, 3.8) is 0 Å². The van der Waals surface area contributed by atoms with Gasteiger partial charge in [0.2, 0.25) is 0 Å². The van der Waals surface area contributed by atoms with E-state index in [0.29, 0.717) is 13.1 Å². The van der Waals surface area contributed by atoms with E-state index in [4.69, 9.17) is 4.74 Å². The maximum Gasteiger partial charge on any atom is 0.191 e. The largest absolute Gasteiger partial charge is 0.493 e. The molecule has 0 radical (unpaired) electrons. The summed E-state index contributed by atoms with van der Waals surface area (Å²) in [6.45, 7) is 8.42. The Morgan fingerprint density at radius 3 is 2.65 bits per heavy atom. The van der Waals surface area contributed by atoms with Crippen molar-refractivity contribution in [1.29, 1.82) is 0 Å². The Morgan fingerprint density at radius 2 is 2.00 bits per heavy atom. The van der Waals surface area contributed by atoms with E-state index < -0.39 is 0 Å². The molecule has 1 heterocycles. The third-order valence-electron chi connectivity index (χ3n) is 4.54. The summed E-state index contributed by atoms with van der Waals surface area (Å²) in [5.41, 5.74) is 3.48. The van der Waals surface area contributed by atoms with Crippen molar-refractivity contribution >= 4 is 17.3 Å². The summed E-state index contributed by atoms with van der Waals surface area (Å²) in [7, 11) is 1.79. The van der Waals surface area contributed by atoms with Gasteiger partial charge in [-0.25, -0.2) is 4.98 Å². The highest BCUT2D eigenvalue weighted by molar-refractivity contribution is 7.11. The first-order chi connectivity index (χ1) is 12.5. The van der Waals surface area contributed by atoms with Gasteiger partial charge in [-0.3, -0.25) is 4.99 Å². The number of guanidine groups is 1. The molecular formula is C20H28N4OS. The lowest BCUT2D eigenvalue weighted by molar-refractivity contribution is 0.296. The molecule has 3 rings (SSSR count). The number of aromatic nitrogens is 1. The SMILES string of the molecule is CN=C(NCc1nc(C)c(C)s1)NCc1ccc(C)cc1OCC1CC1. The Bertz CT molecular complexity index is 761. The van der Waals surface area contributed by atoms with E-state index in [1.54, 1.807) is 18.4 Å². The van der Waals surface area contributed by atoms with Crippen molar-refractivity contribution in [2.45, 2.75) is 46.7 Å². The zero-order valence-corrected chi connectivity index (χ0v) is 16.9. The maximum absolute atomic E-state index is 6.04. The first-order valence-electron chi connectivity index (χ1n) is 9.15. The van der Waals surface area contributed by atoms with Crippen LogP contribution in [0.5, 0.6) is 5.75 Å². The fourth-order valence-electron chi connectivity index (χ4n) is 2.61. The lowest BCUT2D eigenvalue weighted by atomic mass is 10.1. The van der Waals surface area contributed by atoms with Crippen LogP contribution in [0.4, 0.5) is 0 Å². The van der Waals surface area contributed by atoms with Gasteiger partial charge in [-0.15, -0.1) is 11.3 Å². The van der Waals surface area contributed by atoms with Crippen molar-refractivity contribution in [3.05, 3.63) is 44.9 Å². The molecule has 2 aromatic rings. The van der Waals surface area contributed by atoms with Gasteiger partial charge in [-0.2, -0.15) is 0 Å². The molecule has 0 unspecified atom stereocenters. The highest BCUT2D eigenvalue weighted by Gasteiger charge is 2.22. The summed E-state index contributed by atoms with van der Waals surface area (Å²) in [6, 6.07) is 6.38. The topological polar surface area (TPSA) is 58.5 Å². The standard InChI is InChI=1S/C20H28N4OS/c1-13-5-8-17(18(9-13)25-12-16-6-7-16)10-22-20(21-4)23-11-19-24-14(2)15(3)26-19/h5,8-9,16H,6-7,10-12H2,1-4H3,(H2,21,22,23). The number of benzene rings is 1. The molecule has 1 fully saturated rings. The van der Waals surface area contributed by atoms with Crippen LogP contribution in [-0.4, -0.2) is 24.6 Å². The van der Waals surface area contributed by atoms with Gasteiger partial charge in [-0.1, -0.05) is 12.1 Å². The summed E-state index contributed by atoms with van der Waals surface area (Å²) in [4.78, 5) is 10.1. The van der Waals surface area contributed by atoms with Crippen LogP contribution in [0.2, 0.25) is 0 Å². The molecule has 2 N–H and O–H groups in total. The molecule has 0 atom stereocenters. The number of ether oxygens (including phenoxy) is 1. The zero-order valence-electron chi connectivity index (χ0n) is 16.1. The van der Waals surface area contributed by atoms with Crippen LogP contribution in [-0.2, 0) is 13.1 Å². The number of aryl methyl sites for hydroxylation is 3. The number of thiazole rings is 1. The molecule has 26 heavy (non-hydrogen) atoms. The molecule has 0 bridgehead atoms. The van der Waals surface area contributed by atoms with Crippen LogP contribution in [0, 0.1) is 26.7 Å². The van der Waals surface area contributed by atoms with Crippen LogP contribution in [0.15, 0.2) is 23.2 Å². The lowest BCUT2D eigenvalue weighted by Gasteiger charge is -2.15. The van der Waals surface area contributed by atoms with Gasteiger partial charge in [0, 0.05) is 24.0 Å². The van der Waals surface area contributed by atoms with E-state index in [1.807, 2.05) is 6.92 Å². The third-order valence-corrected chi connectivity index (χ3v) is 5.62.